The largest absolute Gasteiger partial charge is 0.456 e. The van der Waals surface area contributed by atoms with Crippen LogP contribution in [-0.2, 0) is 14.3 Å². The molecule has 6 heteroatoms. The summed E-state index contributed by atoms with van der Waals surface area (Å²) in [4.78, 5) is 24.4. The number of thioether (sulfide) groups is 1. The normalized spacial score (nSPS) is 16.3. The van der Waals surface area contributed by atoms with Gasteiger partial charge in [-0.1, -0.05) is 28.1 Å². The molecule has 0 saturated heterocycles. The van der Waals surface area contributed by atoms with Gasteiger partial charge in [0.05, 0.1) is 6.42 Å². The highest BCUT2D eigenvalue weighted by atomic mass is 79.9. The molecule has 0 saturated carbocycles. The van der Waals surface area contributed by atoms with Crippen molar-refractivity contribution in [1.82, 2.24) is 5.32 Å². The van der Waals surface area contributed by atoms with Crippen molar-refractivity contribution in [2.75, 3.05) is 18.9 Å². The monoisotopic (exact) mass is 397 g/mol. The maximum Gasteiger partial charge on any atom is 0.306 e. The van der Waals surface area contributed by atoms with Crippen molar-refractivity contribution in [2.24, 2.45) is 5.92 Å². The van der Waals surface area contributed by atoms with Gasteiger partial charge in [-0.2, -0.15) is 0 Å². The third-order valence-electron chi connectivity index (χ3n) is 3.41. The predicted molar refractivity (Wildman–Crippen MR) is 95.3 cm³/mol. The molecule has 0 heterocycles. The number of carbonyl (C=O) groups excluding carboxylic acids is 2. The zero-order chi connectivity index (χ0) is 16.5. The Balaban J connectivity index is 1.53. The molecular formula is C17H20BrNO3S. The molecule has 23 heavy (non-hydrogen) atoms. The number of carbonyl (C=O) groups is 2. The minimum Gasteiger partial charge on any atom is -0.456 e. The first-order chi connectivity index (χ1) is 11.1. The van der Waals surface area contributed by atoms with Crippen LogP contribution in [0, 0.1) is 5.92 Å². The Hall–Kier alpha value is -1.27. The molecule has 0 radical (unpaired) electrons. The third-order valence-corrected chi connectivity index (χ3v) is 4.95. The summed E-state index contributed by atoms with van der Waals surface area (Å²) >= 11 is 5.06. The average Bonchev–Trinajstić information content (AvgIpc) is 3.04. The van der Waals surface area contributed by atoms with Crippen molar-refractivity contribution in [3.63, 3.8) is 0 Å². The second-order valence-electron chi connectivity index (χ2n) is 5.28. The fraction of sp³-hybridized carbons (Fsp3) is 0.412. The van der Waals surface area contributed by atoms with E-state index < -0.39 is 0 Å². The number of esters is 1. The van der Waals surface area contributed by atoms with E-state index in [1.54, 1.807) is 11.8 Å². The highest BCUT2D eigenvalue weighted by molar-refractivity contribution is 9.10. The second kappa shape index (κ2) is 9.78. The van der Waals surface area contributed by atoms with Crippen LogP contribution in [-0.4, -0.2) is 30.8 Å². The maximum atomic E-state index is 11.6. The van der Waals surface area contributed by atoms with Crippen LogP contribution in [0.5, 0.6) is 0 Å². The topological polar surface area (TPSA) is 55.4 Å². The van der Waals surface area contributed by atoms with Gasteiger partial charge in [0.1, 0.15) is 0 Å². The Morgan fingerprint density at radius 1 is 1.30 bits per heavy atom. The summed E-state index contributed by atoms with van der Waals surface area (Å²) in [6.07, 6.45) is 6.50. The minimum absolute atomic E-state index is 0.196. The number of hydrogen-bond acceptors (Lipinski definition) is 4. The molecule has 0 fully saturated rings. The van der Waals surface area contributed by atoms with Gasteiger partial charge in [-0.3, -0.25) is 9.59 Å². The van der Waals surface area contributed by atoms with Crippen molar-refractivity contribution in [3.05, 3.63) is 40.9 Å². The smallest absolute Gasteiger partial charge is 0.306 e. The second-order valence-corrected chi connectivity index (χ2v) is 7.37. The molecular weight excluding hydrogens is 378 g/mol. The Morgan fingerprint density at radius 3 is 2.78 bits per heavy atom. The van der Waals surface area contributed by atoms with Crippen LogP contribution in [0.1, 0.15) is 19.3 Å². The average molecular weight is 398 g/mol. The summed E-state index contributed by atoms with van der Waals surface area (Å²) in [5, 5.41) is 2.75. The van der Waals surface area contributed by atoms with Gasteiger partial charge in [0.15, 0.2) is 6.61 Å². The highest BCUT2D eigenvalue weighted by Crippen LogP contribution is 2.21. The molecule has 1 aliphatic carbocycles. The van der Waals surface area contributed by atoms with Crippen LogP contribution in [0.15, 0.2) is 45.8 Å². The lowest BCUT2D eigenvalue weighted by Crippen LogP contribution is -2.30. The Kier molecular flexibility index (Phi) is 7.68. The first-order valence-electron chi connectivity index (χ1n) is 7.61. The first-order valence-corrected chi connectivity index (χ1v) is 9.38. The van der Waals surface area contributed by atoms with Gasteiger partial charge in [0.25, 0.3) is 5.91 Å². The highest BCUT2D eigenvalue weighted by Gasteiger charge is 2.15. The van der Waals surface area contributed by atoms with Crippen LogP contribution in [0.2, 0.25) is 0 Å². The Morgan fingerprint density at radius 2 is 2.09 bits per heavy atom. The zero-order valence-electron chi connectivity index (χ0n) is 12.8. The van der Waals surface area contributed by atoms with Gasteiger partial charge in [-0.05, 0) is 43.0 Å². The fourth-order valence-corrected chi connectivity index (χ4v) is 3.26. The van der Waals surface area contributed by atoms with Crippen LogP contribution in [0.3, 0.4) is 0 Å². The molecule has 1 aromatic carbocycles. The van der Waals surface area contributed by atoms with Crippen molar-refractivity contribution in [2.45, 2.75) is 24.2 Å². The molecule has 1 atom stereocenters. The lowest BCUT2D eigenvalue weighted by atomic mass is 10.1. The number of amides is 1. The van der Waals surface area contributed by atoms with Crippen molar-refractivity contribution in [1.29, 1.82) is 0 Å². The van der Waals surface area contributed by atoms with Crippen LogP contribution in [0.25, 0.3) is 0 Å². The molecule has 1 amide bonds. The number of halogens is 1. The predicted octanol–water partition coefficient (Wildman–Crippen LogP) is 3.56. The van der Waals surface area contributed by atoms with Gasteiger partial charge in [0.2, 0.25) is 0 Å². The number of hydrogen-bond donors (Lipinski definition) is 1. The van der Waals surface area contributed by atoms with E-state index in [0.29, 0.717) is 13.0 Å². The van der Waals surface area contributed by atoms with Gasteiger partial charge < -0.3 is 10.1 Å². The van der Waals surface area contributed by atoms with Gasteiger partial charge >= 0.3 is 5.97 Å². The first kappa shape index (κ1) is 18.1. The molecule has 4 nitrogen and oxygen atoms in total. The molecule has 0 unspecified atom stereocenters. The zero-order valence-corrected chi connectivity index (χ0v) is 15.2. The summed E-state index contributed by atoms with van der Waals surface area (Å²) in [6, 6.07) is 8.02. The third kappa shape index (κ3) is 7.22. The molecule has 124 valence electrons. The van der Waals surface area contributed by atoms with E-state index in [1.165, 1.54) is 0 Å². The van der Waals surface area contributed by atoms with Gasteiger partial charge in [0, 0.05) is 21.7 Å². The van der Waals surface area contributed by atoms with Crippen molar-refractivity contribution in [3.8, 4) is 0 Å². The quantitative estimate of drug-likeness (QED) is 0.315. The molecule has 0 spiro atoms. The number of rotatable bonds is 8. The van der Waals surface area contributed by atoms with Gasteiger partial charge in [-0.15, -0.1) is 11.8 Å². The van der Waals surface area contributed by atoms with Crippen molar-refractivity contribution >= 4 is 39.6 Å². The lowest BCUT2D eigenvalue weighted by molar-refractivity contribution is -0.149. The molecule has 2 rings (SSSR count). The molecule has 0 aromatic heterocycles. The number of ether oxygens (including phenoxy) is 1. The van der Waals surface area contributed by atoms with Crippen LogP contribution in [0.4, 0.5) is 0 Å². The number of allylic oxidation sites excluding steroid dienone is 2. The fourth-order valence-electron chi connectivity index (χ4n) is 2.23. The number of benzene rings is 1. The van der Waals surface area contributed by atoms with Crippen molar-refractivity contribution < 1.29 is 14.3 Å². The minimum atomic E-state index is -0.305. The van der Waals surface area contributed by atoms with E-state index in [4.69, 9.17) is 4.74 Å². The maximum absolute atomic E-state index is 11.6. The molecule has 0 aliphatic heterocycles. The van der Waals surface area contributed by atoms with E-state index in [0.717, 1.165) is 28.0 Å². The SMILES string of the molecule is O=C(COC(=O)C[C@@H]1C=CCC1)NCCSc1ccc(Br)cc1. The van der Waals surface area contributed by atoms with Crippen LogP contribution < -0.4 is 5.32 Å². The Labute approximate surface area is 149 Å². The summed E-state index contributed by atoms with van der Waals surface area (Å²) in [6.45, 7) is 0.348. The summed E-state index contributed by atoms with van der Waals surface area (Å²) in [7, 11) is 0. The Bertz CT molecular complexity index is 559. The van der Waals surface area contributed by atoms with E-state index in [1.807, 2.05) is 30.3 Å². The summed E-state index contributed by atoms with van der Waals surface area (Å²) < 4.78 is 6.04. The molecule has 1 aliphatic rings. The standard InChI is InChI=1S/C17H20BrNO3S/c18-14-5-7-15(8-6-14)23-10-9-19-16(20)12-22-17(21)11-13-3-1-2-4-13/h1,3,5-8,13H,2,4,9-12H2,(H,19,20)/t13-/m1/s1. The lowest BCUT2D eigenvalue weighted by Gasteiger charge is -2.08. The van der Waals surface area contributed by atoms with E-state index in [-0.39, 0.29) is 24.4 Å². The molecule has 1 aromatic rings. The van der Waals surface area contributed by atoms with E-state index >= 15 is 0 Å². The molecule has 0 bridgehead atoms. The summed E-state index contributed by atoms with van der Waals surface area (Å²) in [5.41, 5.74) is 0. The molecule has 1 N–H and O–H groups in total. The van der Waals surface area contributed by atoms with Gasteiger partial charge in [-0.25, -0.2) is 0 Å². The number of nitrogens with one attached hydrogen (secondary N) is 1. The van der Waals surface area contributed by atoms with E-state index in [2.05, 4.69) is 27.3 Å². The summed E-state index contributed by atoms with van der Waals surface area (Å²) in [5.74, 6) is 0.485. The van der Waals surface area contributed by atoms with Crippen LogP contribution >= 0.6 is 27.7 Å². The van der Waals surface area contributed by atoms with E-state index in [9.17, 15) is 9.59 Å².